The number of hydrogen-bond acceptors (Lipinski definition) is 6. The van der Waals surface area contributed by atoms with Gasteiger partial charge in [-0.1, -0.05) is 5.16 Å². The Kier molecular flexibility index (Phi) is 3.42. The van der Waals surface area contributed by atoms with Crippen LogP contribution in [0.1, 0.15) is 49.2 Å². The van der Waals surface area contributed by atoms with Crippen LogP contribution < -0.4 is 0 Å². The van der Waals surface area contributed by atoms with Crippen molar-refractivity contribution in [2.24, 2.45) is 0 Å². The summed E-state index contributed by atoms with van der Waals surface area (Å²) in [6, 6.07) is 0. The van der Waals surface area contributed by atoms with Crippen molar-refractivity contribution >= 4 is 0 Å². The summed E-state index contributed by atoms with van der Waals surface area (Å²) in [5.41, 5.74) is 0. The molecule has 1 saturated heterocycles. The first kappa shape index (κ1) is 12.9. The summed E-state index contributed by atoms with van der Waals surface area (Å²) in [5.74, 6) is 2.70. The molecule has 0 N–H and O–H groups in total. The van der Waals surface area contributed by atoms with Gasteiger partial charge < -0.3 is 9.42 Å². The number of likely N-dealkylation sites (tertiary alicyclic amines) is 1. The molecule has 7 heteroatoms. The van der Waals surface area contributed by atoms with Gasteiger partial charge in [0.15, 0.2) is 5.82 Å². The van der Waals surface area contributed by atoms with Crippen molar-refractivity contribution in [3.05, 3.63) is 24.4 Å². The summed E-state index contributed by atoms with van der Waals surface area (Å²) < 4.78 is 7.27. The molecule has 0 bridgehead atoms. The van der Waals surface area contributed by atoms with Crippen molar-refractivity contribution in [1.29, 1.82) is 0 Å². The molecule has 7 nitrogen and oxygen atoms in total. The van der Waals surface area contributed by atoms with Crippen LogP contribution in [0, 0.1) is 0 Å². The quantitative estimate of drug-likeness (QED) is 0.828. The molecule has 4 rings (SSSR count). The summed E-state index contributed by atoms with van der Waals surface area (Å²) in [7, 11) is 0. The predicted molar refractivity (Wildman–Crippen MR) is 74.7 cm³/mol. The van der Waals surface area contributed by atoms with E-state index in [1.165, 1.54) is 19.3 Å². The van der Waals surface area contributed by atoms with Crippen LogP contribution in [0.3, 0.4) is 0 Å². The highest BCUT2D eigenvalue weighted by Crippen LogP contribution is 2.39. The van der Waals surface area contributed by atoms with Gasteiger partial charge in [-0.2, -0.15) is 10.1 Å². The lowest BCUT2D eigenvalue weighted by molar-refractivity contribution is 0.193. The second kappa shape index (κ2) is 5.55. The average Bonchev–Trinajstić information content (AvgIpc) is 3.05. The van der Waals surface area contributed by atoms with Gasteiger partial charge in [-0.15, -0.1) is 0 Å². The fraction of sp³-hybridized carbons (Fsp3) is 0.714. The Morgan fingerprint density at radius 3 is 2.95 bits per heavy atom. The van der Waals surface area contributed by atoms with E-state index in [1.807, 2.05) is 4.68 Å². The molecule has 0 unspecified atom stereocenters. The van der Waals surface area contributed by atoms with Gasteiger partial charge in [0.2, 0.25) is 5.89 Å². The van der Waals surface area contributed by atoms with Gasteiger partial charge in [0, 0.05) is 24.9 Å². The molecule has 2 aromatic rings. The monoisotopic (exact) mass is 288 g/mol. The Labute approximate surface area is 123 Å². The molecule has 0 radical (unpaired) electrons. The molecule has 1 aliphatic heterocycles. The Balaban J connectivity index is 1.35. The van der Waals surface area contributed by atoms with Crippen LogP contribution in [0.5, 0.6) is 0 Å². The van der Waals surface area contributed by atoms with Crippen molar-refractivity contribution in [3.63, 3.8) is 0 Å². The predicted octanol–water partition coefficient (Wildman–Crippen LogP) is 1.42. The van der Waals surface area contributed by atoms with E-state index >= 15 is 0 Å². The molecule has 112 valence electrons. The minimum absolute atomic E-state index is 0.408. The highest BCUT2D eigenvalue weighted by molar-refractivity contribution is 5.05. The summed E-state index contributed by atoms with van der Waals surface area (Å²) in [5, 5.41) is 8.35. The largest absolute Gasteiger partial charge is 0.339 e. The first-order valence-corrected chi connectivity index (χ1v) is 7.77. The molecule has 21 heavy (non-hydrogen) atoms. The molecule has 2 aromatic heterocycles. The zero-order valence-corrected chi connectivity index (χ0v) is 12.1. The zero-order valence-electron chi connectivity index (χ0n) is 12.1. The molecule has 1 aliphatic carbocycles. The molecule has 2 fully saturated rings. The molecular formula is C14H20N6O. The third-order valence-electron chi connectivity index (χ3n) is 4.37. The SMILES string of the molecule is c1ncn(CCN2CCC[C@H](c3noc(C4CC4)n3)C2)n1. The lowest BCUT2D eigenvalue weighted by Gasteiger charge is -2.30. The lowest BCUT2D eigenvalue weighted by Crippen LogP contribution is -2.36. The van der Waals surface area contributed by atoms with Crippen LogP contribution in [0.2, 0.25) is 0 Å². The van der Waals surface area contributed by atoms with Crippen LogP contribution in [0.25, 0.3) is 0 Å². The van der Waals surface area contributed by atoms with Gasteiger partial charge in [-0.25, -0.2) is 4.98 Å². The summed E-state index contributed by atoms with van der Waals surface area (Å²) in [6.07, 6.45) is 8.10. The van der Waals surface area contributed by atoms with E-state index in [0.717, 1.165) is 44.3 Å². The van der Waals surface area contributed by atoms with Crippen molar-refractivity contribution < 1.29 is 4.52 Å². The van der Waals surface area contributed by atoms with Gasteiger partial charge in [0.05, 0.1) is 6.54 Å². The third-order valence-corrected chi connectivity index (χ3v) is 4.37. The Morgan fingerprint density at radius 2 is 2.14 bits per heavy atom. The van der Waals surface area contributed by atoms with E-state index in [1.54, 1.807) is 12.7 Å². The van der Waals surface area contributed by atoms with E-state index < -0.39 is 0 Å². The number of nitrogens with zero attached hydrogens (tertiary/aromatic N) is 6. The normalized spacial score (nSPS) is 23.5. The van der Waals surface area contributed by atoms with E-state index in [-0.39, 0.29) is 0 Å². The van der Waals surface area contributed by atoms with E-state index in [4.69, 9.17) is 4.52 Å². The molecule has 3 heterocycles. The Morgan fingerprint density at radius 1 is 1.19 bits per heavy atom. The van der Waals surface area contributed by atoms with Crippen LogP contribution >= 0.6 is 0 Å². The second-order valence-corrected chi connectivity index (χ2v) is 6.06. The molecule has 0 aromatic carbocycles. The first-order valence-electron chi connectivity index (χ1n) is 7.77. The van der Waals surface area contributed by atoms with E-state index in [2.05, 4.69) is 25.1 Å². The maximum atomic E-state index is 5.39. The molecule has 1 atom stereocenters. The van der Waals surface area contributed by atoms with Crippen molar-refractivity contribution in [2.45, 2.75) is 44.1 Å². The summed E-state index contributed by atoms with van der Waals surface area (Å²) in [4.78, 5) is 11.0. The zero-order chi connectivity index (χ0) is 14.1. The highest BCUT2D eigenvalue weighted by Gasteiger charge is 2.32. The molecular weight excluding hydrogens is 268 g/mol. The fourth-order valence-corrected chi connectivity index (χ4v) is 2.97. The van der Waals surface area contributed by atoms with Crippen molar-refractivity contribution in [2.75, 3.05) is 19.6 Å². The first-order chi connectivity index (χ1) is 10.4. The van der Waals surface area contributed by atoms with Gasteiger partial charge >= 0.3 is 0 Å². The van der Waals surface area contributed by atoms with Crippen LogP contribution in [-0.2, 0) is 6.54 Å². The van der Waals surface area contributed by atoms with Crippen LogP contribution in [0.15, 0.2) is 17.2 Å². The Hall–Kier alpha value is -1.76. The maximum Gasteiger partial charge on any atom is 0.229 e. The second-order valence-electron chi connectivity index (χ2n) is 6.06. The maximum absolute atomic E-state index is 5.39. The van der Waals surface area contributed by atoms with Crippen LogP contribution in [0.4, 0.5) is 0 Å². The topological polar surface area (TPSA) is 72.9 Å². The van der Waals surface area contributed by atoms with E-state index in [9.17, 15) is 0 Å². The Bertz CT molecular complexity index is 576. The van der Waals surface area contributed by atoms with Crippen LogP contribution in [-0.4, -0.2) is 49.4 Å². The van der Waals surface area contributed by atoms with Gasteiger partial charge in [-0.3, -0.25) is 4.68 Å². The number of hydrogen-bond donors (Lipinski definition) is 0. The third kappa shape index (κ3) is 2.97. The smallest absolute Gasteiger partial charge is 0.229 e. The molecule has 0 spiro atoms. The molecule has 1 saturated carbocycles. The van der Waals surface area contributed by atoms with Crippen molar-refractivity contribution in [3.8, 4) is 0 Å². The van der Waals surface area contributed by atoms with Gasteiger partial charge in [-0.05, 0) is 32.2 Å². The summed E-state index contributed by atoms with van der Waals surface area (Å²) >= 11 is 0. The van der Waals surface area contributed by atoms with Gasteiger partial charge in [0.1, 0.15) is 12.7 Å². The highest BCUT2D eigenvalue weighted by atomic mass is 16.5. The van der Waals surface area contributed by atoms with Gasteiger partial charge in [0.25, 0.3) is 0 Å². The van der Waals surface area contributed by atoms with Crippen molar-refractivity contribution in [1.82, 2.24) is 29.8 Å². The van der Waals surface area contributed by atoms with E-state index in [0.29, 0.717) is 11.8 Å². The fourth-order valence-electron chi connectivity index (χ4n) is 2.97. The minimum Gasteiger partial charge on any atom is -0.339 e. The lowest BCUT2D eigenvalue weighted by atomic mass is 9.97. The summed E-state index contributed by atoms with van der Waals surface area (Å²) in [6.45, 7) is 4.02. The number of aromatic nitrogens is 5. The number of piperidine rings is 1. The molecule has 2 aliphatic rings. The minimum atomic E-state index is 0.408. The number of rotatable bonds is 5. The average molecular weight is 288 g/mol. The molecule has 0 amide bonds. The standard InChI is InChI=1S/C14H20N6O/c1-2-12(13-17-14(21-18-13)11-3-4-11)8-19(5-1)6-7-20-10-15-9-16-20/h9-12H,1-8H2/t12-/m0/s1.